The third-order valence-corrected chi connectivity index (χ3v) is 5.28. The van der Waals surface area contributed by atoms with Crippen LogP contribution in [0.15, 0.2) is 48.5 Å². The minimum Gasteiger partial charge on any atom is -0.493 e. The minimum absolute atomic E-state index is 0.0220. The molecule has 0 radical (unpaired) electrons. The van der Waals surface area contributed by atoms with E-state index in [0.717, 1.165) is 11.1 Å². The molecule has 0 aromatic heterocycles. The Morgan fingerprint density at radius 3 is 2.41 bits per heavy atom. The molecular formula is C22H25NO4. The van der Waals surface area contributed by atoms with Crippen molar-refractivity contribution in [2.45, 2.75) is 25.7 Å². The van der Waals surface area contributed by atoms with E-state index in [1.807, 2.05) is 55.5 Å². The van der Waals surface area contributed by atoms with Gasteiger partial charge in [0.05, 0.1) is 20.1 Å². The van der Waals surface area contributed by atoms with Crippen LogP contribution in [0.3, 0.4) is 0 Å². The summed E-state index contributed by atoms with van der Waals surface area (Å²) in [4.78, 5) is 26.7. The Labute approximate surface area is 159 Å². The molecule has 0 aliphatic carbocycles. The van der Waals surface area contributed by atoms with Crippen LogP contribution in [-0.2, 0) is 16.0 Å². The number of hydrogen-bond acceptors (Lipinski definition) is 4. The molecule has 1 fully saturated rings. The summed E-state index contributed by atoms with van der Waals surface area (Å²) >= 11 is 0. The first-order chi connectivity index (χ1) is 13.0. The molecule has 1 saturated heterocycles. The van der Waals surface area contributed by atoms with Crippen LogP contribution in [0, 0.1) is 5.92 Å². The van der Waals surface area contributed by atoms with Crippen LogP contribution < -0.4 is 9.47 Å². The van der Waals surface area contributed by atoms with E-state index in [1.165, 1.54) is 4.90 Å². The number of amides is 2. The van der Waals surface area contributed by atoms with E-state index in [0.29, 0.717) is 24.5 Å². The predicted octanol–water partition coefficient (Wildman–Crippen LogP) is 3.43. The van der Waals surface area contributed by atoms with Crippen LogP contribution in [0.25, 0.3) is 0 Å². The maximum Gasteiger partial charge on any atom is 0.233 e. The number of carbonyl (C=O) groups is 2. The molecule has 0 spiro atoms. The molecule has 1 heterocycles. The van der Waals surface area contributed by atoms with Crippen molar-refractivity contribution >= 4 is 11.8 Å². The van der Waals surface area contributed by atoms with E-state index in [2.05, 4.69) is 0 Å². The first-order valence-electron chi connectivity index (χ1n) is 9.15. The fourth-order valence-corrected chi connectivity index (χ4v) is 3.60. The van der Waals surface area contributed by atoms with Crippen molar-refractivity contribution in [3.8, 4) is 11.5 Å². The van der Waals surface area contributed by atoms with Crippen LogP contribution in [0.1, 0.15) is 30.4 Å². The molecule has 3 rings (SSSR count). The Balaban J connectivity index is 1.67. The maximum absolute atomic E-state index is 12.8. The molecular weight excluding hydrogens is 342 g/mol. The van der Waals surface area contributed by atoms with Gasteiger partial charge in [0.25, 0.3) is 0 Å². The highest BCUT2D eigenvalue weighted by molar-refractivity contribution is 6.04. The summed E-state index contributed by atoms with van der Waals surface area (Å²) in [6.45, 7) is 2.40. The van der Waals surface area contributed by atoms with E-state index >= 15 is 0 Å². The zero-order valence-electron chi connectivity index (χ0n) is 16.0. The summed E-state index contributed by atoms with van der Waals surface area (Å²) < 4.78 is 10.6. The number of benzene rings is 2. The zero-order valence-corrected chi connectivity index (χ0v) is 16.0. The van der Waals surface area contributed by atoms with E-state index in [9.17, 15) is 9.59 Å². The quantitative estimate of drug-likeness (QED) is 0.704. The normalized spacial score (nSPS) is 17.9. The number of nitrogens with zero attached hydrogens (tertiary/aromatic N) is 1. The Bertz CT molecular complexity index is 818. The summed E-state index contributed by atoms with van der Waals surface area (Å²) in [5.74, 6) is 0.875. The largest absolute Gasteiger partial charge is 0.493 e. The fraction of sp³-hybridized carbons (Fsp3) is 0.364. The predicted molar refractivity (Wildman–Crippen MR) is 103 cm³/mol. The molecule has 2 aromatic rings. The molecule has 5 nitrogen and oxygen atoms in total. The second kappa shape index (κ2) is 8.25. The third-order valence-electron chi connectivity index (χ3n) is 5.28. The lowest BCUT2D eigenvalue weighted by molar-refractivity contribution is -0.139. The van der Waals surface area contributed by atoms with Crippen molar-refractivity contribution in [3.63, 3.8) is 0 Å². The van der Waals surface area contributed by atoms with Gasteiger partial charge in [0.1, 0.15) is 0 Å². The molecule has 0 N–H and O–H groups in total. The number of rotatable bonds is 7. The van der Waals surface area contributed by atoms with E-state index in [-0.39, 0.29) is 30.1 Å². The highest BCUT2D eigenvalue weighted by atomic mass is 16.5. The monoisotopic (exact) mass is 367 g/mol. The van der Waals surface area contributed by atoms with Crippen LogP contribution in [0.2, 0.25) is 0 Å². The van der Waals surface area contributed by atoms with Gasteiger partial charge in [-0.15, -0.1) is 0 Å². The SMILES string of the molecule is COc1ccc(CCN2C(=O)C[C@H]([C@H](C)c3ccccc3)C2=O)cc1OC. The number of imide groups is 1. The summed E-state index contributed by atoms with van der Waals surface area (Å²) in [6, 6.07) is 15.5. The van der Waals surface area contributed by atoms with Gasteiger partial charge >= 0.3 is 0 Å². The van der Waals surface area contributed by atoms with Gasteiger partial charge in [-0.05, 0) is 35.6 Å². The molecule has 0 bridgehead atoms. The van der Waals surface area contributed by atoms with Gasteiger partial charge in [-0.1, -0.05) is 43.3 Å². The first-order valence-corrected chi connectivity index (χ1v) is 9.15. The maximum atomic E-state index is 12.8. The van der Waals surface area contributed by atoms with Gasteiger partial charge in [-0.3, -0.25) is 14.5 Å². The highest BCUT2D eigenvalue weighted by Gasteiger charge is 2.41. The summed E-state index contributed by atoms with van der Waals surface area (Å²) in [5, 5.41) is 0. The van der Waals surface area contributed by atoms with Gasteiger partial charge in [0.2, 0.25) is 11.8 Å². The standard InChI is InChI=1S/C22H25NO4/c1-15(17-7-5-4-6-8-17)18-14-21(24)23(22(18)25)12-11-16-9-10-19(26-2)20(13-16)27-3/h4-10,13,15,18H,11-12,14H2,1-3H3/t15-,18-/m1/s1. The van der Waals surface area contributed by atoms with Gasteiger partial charge < -0.3 is 9.47 Å². The lowest BCUT2D eigenvalue weighted by Gasteiger charge is -2.19. The number of likely N-dealkylation sites (tertiary alicyclic amines) is 1. The molecule has 142 valence electrons. The molecule has 2 amide bonds. The Morgan fingerprint density at radius 2 is 1.74 bits per heavy atom. The second-order valence-corrected chi connectivity index (χ2v) is 6.83. The summed E-state index contributed by atoms with van der Waals surface area (Å²) in [5.41, 5.74) is 2.08. The number of methoxy groups -OCH3 is 2. The molecule has 0 saturated carbocycles. The van der Waals surface area contributed by atoms with E-state index in [4.69, 9.17) is 9.47 Å². The topological polar surface area (TPSA) is 55.8 Å². The molecule has 2 aromatic carbocycles. The summed E-state index contributed by atoms with van der Waals surface area (Å²) in [6.07, 6.45) is 0.866. The van der Waals surface area contributed by atoms with Crippen molar-refractivity contribution in [1.82, 2.24) is 4.90 Å². The van der Waals surface area contributed by atoms with Crippen LogP contribution in [0.4, 0.5) is 0 Å². The fourth-order valence-electron chi connectivity index (χ4n) is 3.60. The average Bonchev–Trinajstić information content (AvgIpc) is 2.99. The van der Waals surface area contributed by atoms with Gasteiger partial charge in [-0.2, -0.15) is 0 Å². The zero-order chi connectivity index (χ0) is 19.4. The number of hydrogen-bond donors (Lipinski definition) is 0. The lowest BCUT2D eigenvalue weighted by atomic mass is 9.86. The molecule has 1 aliphatic rings. The average molecular weight is 367 g/mol. The van der Waals surface area contributed by atoms with E-state index in [1.54, 1.807) is 14.2 Å². The molecule has 27 heavy (non-hydrogen) atoms. The van der Waals surface area contributed by atoms with Crippen molar-refractivity contribution in [1.29, 1.82) is 0 Å². The van der Waals surface area contributed by atoms with Crippen LogP contribution >= 0.6 is 0 Å². The van der Waals surface area contributed by atoms with E-state index < -0.39 is 0 Å². The van der Waals surface area contributed by atoms with Crippen molar-refractivity contribution < 1.29 is 19.1 Å². The number of ether oxygens (including phenoxy) is 2. The van der Waals surface area contributed by atoms with Gasteiger partial charge in [-0.25, -0.2) is 0 Å². The van der Waals surface area contributed by atoms with Crippen molar-refractivity contribution in [2.24, 2.45) is 5.92 Å². The minimum atomic E-state index is -0.287. The second-order valence-electron chi connectivity index (χ2n) is 6.83. The third kappa shape index (κ3) is 3.97. The summed E-state index contributed by atoms with van der Waals surface area (Å²) in [7, 11) is 3.18. The smallest absolute Gasteiger partial charge is 0.233 e. The Hall–Kier alpha value is -2.82. The lowest BCUT2D eigenvalue weighted by Crippen LogP contribution is -2.33. The number of carbonyl (C=O) groups excluding carboxylic acids is 2. The van der Waals surface area contributed by atoms with Crippen molar-refractivity contribution in [3.05, 3.63) is 59.7 Å². The molecule has 1 aliphatic heterocycles. The van der Waals surface area contributed by atoms with Gasteiger partial charge in [0.15, 0.2) is 11.5 Å². The Kier molecular flexibility index (Phi) is 5.79. The van der Waals surface area contributed by atoms with Crippen LogP contribution in [0.5, 0.6) is 11.5 Å². The van der Waals surface area contributed by atoms with Crippen LogP contribution in [-0.4, -0.2) is 37.5 Å². The molecule has 2 atom stereocenters. The molecule has 5 heteroatoms. The van der Waals surface area contributed by atoms with Gasteiger partial charge in [0, 0.05) is 13.0 Å². The van der Waals surface area contributed by atoms with Crippen molar-refractivity contribution in [2.75, 3.05) is 20.8 Å². The first kappa shape index (κ1) is 19.0. The Morgan fingerprint density at radius 1 is 1.04 bits per heavy atom. The molecule has 0 unspecified atom stereocenters. The highest BCUT2D eigenvalue weighted by Crippen LogP contribution is 2.34.